The number of aryl methyl sites for hydroxylation is 1. The molecule has 0 aliphatic carbocycles. The molecule has 2 heterocycles. The first-order valence-electron chi connectivity index (χ1n) is 4.54. The lowest BCUT2D eigenvalue weighted by molar-refractivity contribution is 0.490. The van der Waals surface area contributed by atoms with Gasteiger partial charge in [0.2, 0.25) is 0 Å². The molecule has 1 N–H and O–H groups in total. The second-order valence-corrected chi connectivity index (χ2v) is 3.28. The van der Waals surface area contributed by atoms with Gasteiger partial charge in [-0.2, -0.15) is 5.10 Å². The summed E-state index contributed by atoms with van der Waals surface area (Å²) in [6.07, 6.45) is 5.40. The first kappa shape index (κ1) is 8.87. The second kappa shape index (κ2) is 3.57. The van der Waals surface area contributed by atoms with Crippen LogP contribution in [0.15, 0.2) is 35.2 Å². The summed E-state index contributed by atoms with van der Waals surface area (Å²) in [4.78, 5) is 0. The van der Waals surface area contributed by atoms with Crippen molar-refractivity contribution in [1.29, 1.82) is 0 Å². The Morgan fingerprint density at radius 2 is 2.43 bits per heavy atom. The third-order valence-electron chi connectivity index (χ3n) is 2.06. The number of aromatic nitrogens is 2. The summed E-state index contributed by atoms with van der Waals surface area (Å²) in [5.41, 5.74) is 0.997. The molecule has 0 aromatic carbocycles. The quantitative estimate of drug-likeness (QED) is 0.808. The van der Waals surface area contributed by atoms with Crippen molar-refractivity contribution in [1.82, 2.24) is 9.78 Å². The average molecular weight is 191 g/mol. The van der Waals surface area contributed by atoms with Crippen LogP contribution >= 0.6 is 0 Å². The molecule has 0 spiro atoms. The van der Waals surface area contributed by atoms with Crippen LogP contribution in [0, 0.1) is 0 Å². The molecule has 14 heavy (non-hydrogen) atoms. The molecule has 0 amide bonds. The zero-order chi connectivity index (χ0) is 9.97. The van der Waals surface area contributed by atoms with Crippen LogP contribution in [0.1, 0.15) is 18.7 Å². The van der Waals surface area contributed by atoms with Crippen molar-refractivity contribution < 1.29 is 4.42 Å². The first-order valence-corrected chi connectivity index (χ1v) is 4.54. The number of furan rings is 1. The topological polar surface area (TPSA) is 43.0 Å². The van der Waals surface area contributed by atoms with E-state index in [-0.39, 0.29) is 6.04 Å². The van der Waals surface area contributed by atoms with Gasteiger partial charge in [-0.25, -0.2) is 0 Å². The van der Waals surface area contributed by atoms with Gasteiger partial charge in [-0.1, -0.05) is 0 Å². The van der Waals surface area contributed by atoms with E-state index in [1.54, 1.807) is 17.1 Å². The van der Waals surface area contributed by atoms with E-state index in [0.717, 1.165) is 11.4 Å². The third-order valence-corrected chi connectivity index (χ3v) is 2.06. The molecule has 2 aromatic heterocycles. The van der Waals surface area contributed by atoms with E-state index in [4.69, 9.17) is 4.42 Å². The molecular weight excluding hydrogens is 178 g/mol. The minimum absolute atomic E-state index is 0.161. The zero-order valence-electron chi connectivity index (χ0n) is 8.27. The molecule has 4 nitrogen and oxygen atoms in total. The minimum Gasteiger partial charge on any atom is -0.467 e. The summed E-state index contributed by atoms with van der Waals surface area (Å²) < 4.78 is 7.05. The molecule has 0 saturated heterocycles. The van der Waals surface area contributed by atoms with Crippen LogP contribution in [0.4, 0.5) is 5.69 Å². The Balaban J connectivity index is 2.05. The van der Waals surface area contributed by atoms with Crippen molar-refractivity contribution in [2.75, 3.05) is 5.32 Å². The highest BCUT2D eigenvalue weighted by molar-refractivity contribution is 5.40. The maximum Gasteiger partial charge on any atom is 0.125 e. The smallest absolute Gasteiger partial charge is 0.125 e. The fraction of sp³-hybridized carbons (Fsp3) is 0.300. The predicted octanol–water partition coefficient (Wildman–Crippen LogP) is 2.19. The lowest BCUT2D eigenvalue weighted by atomic mass is 10.2. The molecule has 0 aliphatic rings. The molecule has 0 unspecified atom stereocenters. The average Bonchev–Trinajstić information content (AvgIpc) is 2.75. The molecule has 2 rings (SSSR count). The van der Waals surface area contributed by atoms with E-state index in [1.165, 1.54) is 0 Å². The van der Waals surface area contributed by atoms with Gasteiger partial charge in [0.05, 0.1) is 24.2 Å². The fourth-order valence-electron chi connectivity index (χ4n) is 1.35. The van der Waals surface area contributed by atoms with Gasteiger partial charge in [0, 0.05) is 13.2 Å². The third kappa shape index (κ3) is 1.79. The second-order valence-electron chi connectivity index (χ2n) is 3.28. The van der Waals surface area contributed by atoms with Crippen LogP contribution in [-0.4, -0.2) is 9.78 Å². The molecule has 1 atom stereocenters. The molecule has 4 heteroatoms. The van der Waals surface area contributed by atoms with Gasteiger partial charge in [-0.3, -0.25) is 4.68 Å². The Kier molecular flexibility index (Phi) is 2.26. The van der Waals surface area contributed by atoms with Gasteiger partial charge in [0.25, 0.3) is 0 Å². The van der Waals surface area contributed by atoms with Crippen LogP contribution in [0.25, 0.3) is 0 Å². The highest BCUT2D eigenvalue weighted by Crippen LogP contribution is 2.18. The van der Waals surface area contributed by atoms with E-state index in [2.05, 4.69) is 10.4 Å². The summed E-state index contributed by atoms with van der Waals surface area (Å²) in [6.45, 7) is 2.05. The molecule has 74 valence electrons. The van der Waals surface area contributed by atoms with E-state index < -0.39 is 0 Å². The number of anilines is 1. The Morgan fingerprint density at radius 1 is 1.57 bits per heavy atom. The zero-order valence-corrected chi connectivity index (χ0v) is 8.27. The van der Waals surface area contributed by atoms with Crippen LogP contribution in [0.3, 0.4) is 0 Å². The van der Waals surface area contributed by atoms with Gasteiger partial charge >= 0.3 is 0 Å². The summed E-state index contributed by atoms with van der Waals surface area (Å²) in [6, 6.07) is 4.00. The normalized spacial score (nSPS) is 12.7. The van der Waals surface area contributed by atoms with Crippen LogP contribution < -0.4 is 5.32 Å². The van der Waals surface area contributed by atoms with Gasteiger partial charge in [0.15, 0.2) is 0 Å². The summed E-state index contributed by atoms with van der Waals surface area (Å²) in [7, 11) is 1.89. The molecule has 0 aliphatic heterocycles. The van der Waals surface area contributed by atoms with Crippen molar-refractivity contribution in [3.8, 4) is 0 Å². The maximum atomic E-state index is 5.28. The maximum absolute atomic E-state index is 5.28. The lowest BCUT2D eigenvalue weighted by Crippen LogP contribution is -2.04. The molecule has 0 radical (unpaired) electrons. The molecule has 0 fully saturated rings. The number of nitrogens with one attached hydrogen (secondary N) is 1. The number of rotatable bonds is 3. The van der Waals surface area contributed by atoms with Crippen molar-refractivity contribution in [2.24, 2.45) is 7.05 Å². The van der Waals surface area contributed by atoms with Gasteiger partial charge in [0.1, 0.15) is 5.76 Å². The minimum atomic E-state index is 0.161. The number of hydrogen-bond donors (Lipinski definition) is 1. The summed E-state index contributed by atoms with van der Waals surface area (Å²) >= 11 is 0. The Hall–Kier alpha value is -1.71. The predicted molar refractivity (Wildman–Crippen MR) is 54.0 cm³/mol. The standard InChI is InChI=1S/C10H13N3O/c1-8(10-4-3-5-14-10)12-9-6-11-13(2)7-9/h3-8,12H,1-2H3/t8-/m0/s1. The van der Waals surface area contributed by atoms with Gasteiger partial charge < -0.3 is 9.73 Å². The summed E-state index contributed by atoms with van der Waals surface area (Å²) in [5.74, 6) is 0.925. The van der Waals surface area contributed by atoms with E-state index in [1.807, 2.05) is 32.3 Å². The highest BCUT2D eigenvalue weighted by Gasteiger charge is 2.07. The van der Waals surface area contributed by atoms with Crippen LogP contribution in [0.5, 0.6) is 0 Å². The Bertz CT molecular complexity index is 391. The number of hydrogen-bond acceptors (Lipinski definition) is 3. The van der Waals surface area contributed by atoms with Gasteiger partial charge in [-0.05, 0) is 19.1 Å². The Morgan fingerprint density at radius 3 is 3.00 bits per heavy atom. The molecule has 0 bridgehead atoms. The van der Waals surface area contributed by atoms with Crippen molar-refractivity contribution in [3.05, 3.63) is 36.5 Å². The van der Waals surface area contributed by atoms with E-state index >= 15 is 0 Å². The van der Waals surface area contributed by atoms with Crippen molar-refractivity contribution in [2.45, 2.75) is 13.0 Å². The largest absolute Gasteiger partial charge is 0.467 e. The Labute approximate surface area is 82.5 Å². The molecule has 0 saturated carbocycles. The lowest BCUT2D eigenvalue weighted by Gasteiger charge is -2.09. The van der Waals surface area contributed by atoms with Crippen molar-refractivity contribution >= 4 is 5.69 Å². The molecule has 2 aromatic rings. The van der Waals surface area contributed by atoms with E-state index in [0.29, 0.717) is 0 Å². The fourth-order valence-corrected chi connectivity index (χ4v) is 1.35. The van der Waals surface area contributed by atoms with Crippen molar-refractivity contribution in [3.63, 3.8) is 0 Å². The highest BCUT2D eigenvalue weighted by atomic mass is 16.3. The van der Waals surface area contributed by atoms with Crippen LogP contribution in [0.2, 0.25) is 0 Å². The van der Waals surface area contributed by atoms with Gasteiger partial charge in [-0.15, -0.1) is 0 Å². The SMILES string of the molecule is C[C@H](Nc1cnn(C)c1)c1ccco1. The summed E-state index contributed by atoms with van der Waals surface area (Å²) in [5, 5.41) is 7.36. The monoisotopic (exact) mass is 191 g/mol. The number of nitrogens with zero attached hydrogens (tertiary/aromatic N) is 2. The van der Waals surface area contributed by atoms with E-state index in [9.17, 15) is 0 Å². The van der Waals surface area contributed by atoms with Crippen LogP contribution in [-0.2, 0) is 7.05 Å². The molecular formula is C10H13N3O. The first-order chi connectivity index (χ1) is 6.75.